The number of aliphatic hydroxyl groups excluding tert-OH is 1. The number of aliphatic hydroxyl groups is 1. The Bertz CT molecular complexity index is 265. The molecule has 14 heavy (non-hydrogen) atoms. The van der Waals surface area contributed by atoms with E-state index in [-0.39, 0.29) is 6.61 Å². The summed E-state index contributed by atoms with van der Waals surface area (Å²) in [6.45, 7) is 5.67. The van der Waals surface area contributed by atoms with Crippen molar-refractivity contribution in [2.75, 3.05) is 18.5 Å². The summed E-state index contributed by atoms with van der Waals surface area (Å²) in [5, 5.41) is 11.4. The molecule has 5 nitrogen and oxygen atoms in total. The minimum absolute atomic E-state index is 0.114. The lowest BCUT2D eigenvalue weighted by Crippen LogP contribution is -2.07. The van der Waals surface area contributed by atoms with Crippen molar-refractivity contribution in [2.45, 2.75) is 6.92 Å². The number of hydrogen-bond acceptors (Lipinski definition) is 5. The van der Waals surface area contributed by atoms with Gasteiger partial charge in [0.2, 0.25) is 0 Å². The minimum Gasteiger partial charge on any atom is -0.405 e. The molecule has 0 aliphatic rings. The highest BCUT2D eigenvalue weighted by atomic mass is 16.3. The van der Waals surface area contributed by atoms with E-state index in [1.807, 2.05) is 13.0 Å². The topological polar surface area (TPSA) is 84.1 Å². The Hall–Kier alpha value is -1.62. The zero-order valence-electron chi connectivity index (χ0n) is 8.27. The monoisotopic (exact) mass is 196 g/mol. The van der Waals surface area contributed by atoms with E-state index in [1.165, 1.54) is 12.5 Å². The fourth-order valence-corrected chi connectivity index (χ4v) is 0.735. The molecule has 0 saturated heterocycles. The van der Waals surface area contributed by atoms with Crippen LogP contribution in [0.5, 0.6) is 0 Å². The van der Waals surface area contributed by atoms with Crippen LogP contribution in [0.4, 0.5) is 5.82 Å². The van der Waals surface area contributed by atoms with Crippen molar-refractivity contribution in [3.8, 4) is 0 Å². The normalized spacial score (nSPS) is 8.43. The molecule has 1 aromatic rings. The fourth-order valence-electron chi connectivity index (χ4n) is 0.735. The zero-order valence-corrected chi connectivity index (χ0v) is 8.27. The average Bonchev–Trinajstić information content (AvgIpc) is 2.16. The van der Waals surface area contributed by atoms with E-state index in [4.69, 9.17) is 5.11 Å². The van der Waals surface area contributed by atoms with E-state index in [1.54, 1.807) is 0 Å². The van der Waals surface area contributed by atoms with Gasteiger partial charge in [0.1, 0.15) is 12.1 Å². The molecule has 0 aromatic carbocycles. The molecule has 1 heterocycles. The van der Waals surface area contributed by atoms with Gasteiger partial charge < -0.3 is 16.2 Å². The van der Waals surface area contributed by atoms with Gasteiger partial charge in [-0.2, -0.15) is 0 Å². The van der Waals surface area contributed by atoms with Gasteiger partial charge >= 0.3 is 0 Å². The van der Waals surface area contributed by atoms with Crippen LogP contribution in [0.1, 0.15) is 5.69 Å². The summed E-state index contributed by atoms with van der Waals surface area (Å²) in [7, 11) is 0. The van der Waals surface area contributed by atoms with Crippen LogP contribution in [0.3, 0.4) is 0 Å². The van der Waals surface area contributed by atoms with Crippen LogP contribution in [0.25, 0.3) is 0 Å². The fraction of sp³-hybridized carbons (Fsp3) is 0.333. The highest BCUT2D eigenvalue weighted by Gasteiger charge is 1.91. The van der Waals surface area contributed by atoms with E-state index in [0.29, 0.717) is 6.54 Å². The van der Waals surface area contributed by atoms with Crippen molar-refractivity contribution in [1.82, 2.24) is 9.97 Å². The first-order valence-corrected chi connectivity index (χ1v) is 4.20. The Morgan fingerprint density at radius 2 is 2.29 bits per heavy atom. The molecule has 0 bridgehead atoms. The number of aryl methyl sites for hydroxylation is 1. The Labute approximate surface area is 83.7 Å². The van der Waals surface area contributed by atoms with Crippen molar-refractivity contribution in [1.29, 1.82) is 0 Å². The van der Waals surface area contributed by atoms with Crippen LogP contribution < -0.4 is 11.1 Å². The van der Waals surface area contributed by atoms with Crippen LogP contribution in [-0.4, -0.2) is 28.2 Å². The molecule has 5 heteroatoms. The molecule has 0 saturated carbocycles. The summed E-state index contributed by atoms with van der Waals surface area (Å²) >= 11 is 0. The van der Waals surface area contributed by atoms with Crippen molar-refractivity contribution in [3.05, 3.63) is 30.9 Å². The third-order valence-corrected chi connectivity index (χ3v) is 1.22. The lowest BCUT2D eigenvalue weighted by atomic mass is 10.4. The van der Waals surface area contributed by atoms with Crippen LogP contribution in [-0.2, 0) is 0 Å². The Morgan fingerprint density at radius 3 is 2.79 bits per heavy atom. The van der Waals surface area contributed by atoms with Crippen molar-refractivity contribution >= 4 is 5.82 Å². The van der Waals surface area contributed by atoms with Crippen LogP contribution >= 0.6 is 0 Å². The summed E-state index contributed by atoms with van der Waals surface area (Å²) < 4.78 is 0. The standard InChI is InChI=1S/C7H11N3O.C2H5N/c1-6-4-7(8-2-3-11)10-5-9-6;1-2-3/h4-5,11H,2-3H2,1H3,(H,8,9,10);2H,1,3H2. The third kappa shape index (κ3) is 5.96. The first kappa shape index (κ1) is 12.4. The number of aromatic nitrogens is 2. The van der Waals surface area contributed by atoms with E-state index in [2.05, 4.69) is 27.6 Å². The molecule has 0 unspecified atom stereocenters. The van der Waals surface area contributed by atoms with E-state index < -0.39 is 0 Å². The van der Waals surface area contributed by atoms with Gasteiger partial charge in [0, 0.05) is 18.3 Å². The Morgan fingerprint density at radius 1 is 1.64 bits per heavy atom. The molecule has 0 spiro atoms. The maximum absolute atomic E-state index is 8.49. The highest BCUT2D eigenvalue weighted by molar-refractivity contribution is 5.33. The van der Waals surface area contributed by atoms with Gasteiger partial charge in [0.15, 0.2) is 0 Å². The maximum Gasteiger partial charge on any atom is 0.129 e. The summed E-state index contributed by atoms with van der Waals surface area (Å²) in [6, 6.07) is 1.83. The zero-order chi connectivity index (χ0) is 10.8. The number of nitrogens with two attached hydrogens (primary N) is 1. The quantitative estimate of drug-likeness (QED) is 0.646. The summed E-state index contributed by atoms with van der Waals surface area (Å²) in [5.41, 5.74) is 5.53. The van der Waals surface area contributed by atoms with Crippen LogP contribution in [0.15, 0.2) is 25.2 Å². The number of hydrogen-bond donors (Lipinski definition) is 3. The molecule has 4 N–H and O–H groups in total. The number of nitrogens with one attached hydrogen (secondary N) is 1. The largest absolute Gasteiger partial charge is 0.405 e. The molecular formula is C9H16N4O. The Kier molecular flexibility index (Phi) is 7.07. The highest BCUT2D eigenvalue weighted by Crippen LogP contribution is 2.00. The van der Waals surface area contributed by atoms with Gasteiger partial charge in [0.05, 0.1) is 6.61 Å². The van der Waals surface area contributed by atoms with Gasteiger partial charge in [-0.3, -0.25) is 0 Å². The molecule has 0 fully saturated rings. The molecule has 0 atom stereocenters. The first-order valence-electron chi connectivity index (χ1n) is 4.20. The molecule has 0 radical (unpaired) electrons. The molecule has 0 aliphatic heterocycles. The number of anilines is 1. The average molecular weight is 196 g/mol. The molecule has 1 rings (SSSR count). The Balaban J connectivity index is 0.000000500. The molecule has 78 valence electrons. The van der Waals surface area contributed by atoms with Gasteiger partial charge in [0.25, 0.3) is 0 Å². The number of rotatable bonds is 3. The van der Waals surface area contributed by atoms with E-state index >= 15 is 0 Å². The minimum atomic E-state index is 0.114. The van der Waals surface area contributed by atoms with Gasteiger partial charge in [-0.1, -0.05) is 6.58 Å². The van der Waals surface area contributed by atoms with Gasteiger partial charge in [-0.05, 0) is 13.1 Å². The molecular weight excluding hydrogens is 180 g/mol. The lowest BCUT2D eigenvalue weighted by Gasteiger charge is -2.01. The third-order valence-electron chi connectivity index (χ3n) is 1.22. The molecule has 0 amide bonds. The van der Waals surface area contributed by atoms with E-state index in [0.717, 1.165) is 11.5 Å². The van der Waals surface area contributed by atoms with Gasteiger partial charge in [-0.25, -0.2) is 9.97 Å². The SMILES string of the molecule is C=CN.Cc1cc(NCCO)ncn1. The smallest absolute Gasteiger partial charge is 0.129 e. The second-order valence-corrected chi connectivity index (χ2v) is 2.43. The van der Waals surface area contributed by atoms with Crippen LogP contribution in [0, 0.1) is 6.92 Å². The summed E-state index contributed by atoms with van der Waals surface area (Å²) in [6.07, 6.45) is 2.75. The first-order chi connectivity index (χ1) is 6.74. The number of nitrogens with zero attached hydrogens (tertiary/aromatic N) is 2. The summed E-state index contributed by atoms with van der Waals surface area (Å²) in [5.74, 6) is 0.756. The molecule has 1 aromatic heterocycles. The maximum atomic E-state index is 8.49. The van der Waals surface area contributed by atoms with Crippen molar-refractivity contribution < 1.29 is 5.11 Å². The summed E-state index contributed by atoms with van der Waals surface area (Å²) in [4.78, 5) is 7.88. The predicted molar refractivity (Wildman–Crippen MR) is 56.7 cm³/mol. The molecule has 0 aliphatic carbocycles. The second-order valence-electron chi connectivity index (χ2n) is 2.43. The lowest BCUT2D eigenvalue weighted by molar-refractivity contribution is 0.311. The van der Waals surface area contributed by atoms with Crippen molar-refractivity contribution in [2.24, 2.45) is 5.73 Å². The van der Waals surface area contributed by atoms with E-state index in [9.17, 15) is 0 Å². The second kappa shape index (κ2) is 8.00. The predicted octanol–water partition coefficient (Wildman–Crippen LogP) is 0.278. The van der Waals surface area contributed by atoms with Gasteiger partial charge in [-0.15, -0.1) is 0 Å². The van der Waals surface area contributed by atoms with Crippen molar-refractivity contribution in [3.63, 3.8) is 0 Å². The van der Waals surface area contributed by atoms with Crippen LogP contribution in [0.2, 0.25) is 0 Å².